The number of alkyl halides is 1. The Morgan fingerprint density at radius 3 is 1.79 bits per heavy atom. The van der Waals surface area contributed by atoms with Crippen molar-refractivity contribution in [2.24, 2.45) is 11.3 Å². The highest BCUT2D eigenvalue weighted by Crippen LogP contribution is 2.39. The van der Waals surface area contributed by atoms with Crippen molar-refractivity contribution in [2.75, 3.05) is 0 Å². The first kappa shape index (κ1) is 16.6. The van der Waals surface area contributed by atoms with Crippen molar-refractivity contribution < 1.29 is 0 Å². The average molecular weight is 281 g/mol. The first-order valence-electron chi connectivity index (χ1n) is 7.27. The molecule has 0 fully saturated rings. The van der Waals surface area contributed by atoms with Crippen LogP contribution in [0.2, 0.25) is 0 Å². The Bertz CT molecular complexity index is 425. The molecule has 0 saturated heterocycles. The molecule has 0 nitrogen and oxygen atoms in total. The minimum absolute atomic E-state index is 0.118. The molecular weight excluding hydrogens is 252 g/mol. The summed E-state index contributed by atoms with van der Waals surface area (Å²) < 4.78 is 0. The molecule has 0 amide bonds. The van der Waals surface area contributed by atoms with E-state index in [0.29, 0.717) is 11.3 Å². The third-order valence-corrected chi connectivity index (χ3v) is 5.17. The van der Waals surface area contributed by atoms with Gasteiger partial charge < -0.3 is 0 Å². The molecule has 1 aromatic rings. The van der Waals surface area contributed by atoms with Crippen molar-refractivity contribution in [1.82, 2.24) is 0 Å². The molecule has 0 saturated carbocycles. The molecule has 0 aliphatic heterocycles. The van der Waals surface area contributed by atoms with Crippen molar-refractivity contribution in [2.45, 2.75) is 67.2 Å². The zero-order valence-electron chi connectivity index (χ0n) is 13.8. The number of rotatable bonds is 3. The van der Waals surface area contributed by atoms with Gasteiger partial charge in [-0.25, -0.2) is 0 Å². The third kappa shape index (κ3) is 3.75. The van der Waals surface area contributed by atoms with Gasteiger partial charge in [0.1, 0.15) is 0 Å². The summed E-state index contributed by atoms with van der Waals surface area (Å²) in [4.78, 5) is 0. The topological polar surface area (TPSA) is 0 Å². The summed E-state index contributed by atoms with van der Waals surface area (Å²) in [6.45, 7) is 18.0. The van der Waals surface area contributed by atoms with Gasteiger partial charge in [0.2, 0.25) is 0 Å². The van der Waals surface area contributed by atoms with E-state index in [-0.39, 0.29) is 5.38 Å². The van der Waals surface area contributed by atoms with Crippen LogP contribution < -0.4 is 0 Å². The van der Waals surface area contributed by atoms with Crippen molar-refractivity contribution >= 4 is 11.6 Å². The molecule has 0 aliphatic carbocycles. The fourth-order valence-electron chi connectivity index (χ4n) is 2.50. The number of hydrogen-bond donors (Lipinski definition) is 0. The van der Waals surface area contributed by atoms with Gasteiger partial charge in [-0.1, -0.05) is 33.8 Å². The Kier molecular flexibility index (Phi) is 5.12. The van der Waals surface area contributed by atoms with Crippen LogP contribution in [0.15, 0.2) is 6.07 Å². The molecule has 1 rings (SSSR count). The van der Waals surface area contributed by atoms with Crippen molar-refractivity contribution in [3.8, 4) is 0 Å². The number of aryl methyl sites for hydroxylation is 2. The van der Waals surface area contributed by atoms with E-state index in [1.807, 2.05) is 0 Å². The highest BCUT2D eigenvalue weighted by molar-refractivity contribution is 6.21. The summed E-state index contributed by atoms with van der Waals surface area (Å²) in [6, 6.07) is 2.27. The maximum Gasteiger partial charge on any atom is 0.0593 e. The van der Waals surface area contributed by atoms with Gasteiger partial charge in [0, 0.05) is 0 Å². The largest absolute Gasteiger partial charge is 0.118 e. The number of hydrogen-bond acceptors (Lipinski definition) is 0. The molecule has 1 aromatic carbocycles. The molecule has 19 heavy (non-hydrogen) atoms. The van der Waals surface area contributed by atoms with Gasteiger partial charge in [-0.3, -0.25) is 0 Å². The van der Waals surface area contributed by atoms with Crippen LogP contribution in [-0.2, 0) is 0 Å². The highest BCUT2D eigenvalue weighted by Gasteiger charge is 2.25. The minimum Gasteiger partial charge on any atom is -0.118 e. The molecule has 0 heterocycles. The van der Waals surface area contributed by atoms with Crippen LogP contribution in [-0.4, -0.2) is 0 Å². The lowest BCUT2D eigenvalue weighted by Crippen LogP contribution is -2.19. The van der Waals surface area contributed by atoms with Gasteiger partial charge in [-0.2, -0.15) is 0 Å². The molecule has 108 valence electrons. The monoisotopic (exact) mass is 280 g/mol. The van der Waals surface area contributed by atoms with Crippen LogP contribution in [0.4, 0.5) is 0 Å². The van der Waals surface area contributed by atoms with E-state index in [2.05, 4.69) is 61.5 Å². The van der Waals surface area contributed by atoms with Crippen LogP contribution in [0.1, 0.15) is 67.3 Å². The van der Waals surface area contributed by atoms with E-state index in [1.54, 1.807) is 0 Å². The zero-order chi connectivity index (χ0) is 15.0. The lowest BCUT2D eigenvalue weighted by atomic mass is 9.78. The predicted molar refractivity (Wildman–Crippen MR) is 87.2 cm³/mol. The molecule has 1 heteroatoms. The summed E-state index contributed by atoms with van der Waals surface area (Å²) >= 11 is 6.76. The van der Waals surface area contributed by atoms with E-state index in [9.17, 15) is 0 Å². The van der Waals surface area contributed by atoms with Crippen LogP contribution in [0, 0.1) is 39.0 Å². The summed E-state index contributed by atoms with van der Waals surface area (Å²) in [7, 11) is 0. The first-order chi connectivity index (χ1) is 8.55. The smallest absolute Gasteiger partial charge is 0.0593 e. The third-order valence-electron chi connectivity index (χ3n) is 4.78. The zero-order valence-corrected chi connectivity index (χ0v) is 14.6. The summed E-state index contributed by atoms with van der Waals surface area (Å²) in [5.74, 6) is 0.606. The molecule has 0 N–H and O–H groups in total. The fraction of sp³-hybridized carbons (Fsp3) is 0.667. The molecule has 0 spiro atoms. The van der Waals surface area contributed by atoms with Crippen LogP contribution in [0.3, 0.4) is 0 Å². The van der Waals surface area contributed by atoms with Gasteiger partial charge in [0.05, 0.1) is 5.38 Å². The second-order valence-corrected chi connectivity index (χ2v) is 7.67. The minimum atomic E-state index is 0.118. The maximum absolute atomic E-state index is 6.76. The Morgan fingerprint density at radius 1 is 1.00 bits per heavy atom. The van der Waals surface area contributed by atoms with E-state index in [0.717, 1.165) is 6.42 Å². The van der Waals surface area contributed by atoms with Gasteiger partial charge in [0.25, 0.3) is 0 Å². The number of halogens is 1. The molecule has 2 atom stereocenters. The van der Waals surface area contributed by atoms with Gasteiger partial charge in [0.15, 0.2) is 0 Å². The Balaban J connectivity index is 3.10. The van der Waals surface area contributed by atoms with E-state index in [4.69, 9.17) is 11.6 Å². The number of benzene rings is 1. The van der Waals surface area contributed by atoms with E-state index >= 15 is 0 Å². The van der Waals surface area contributed by atoms with Gasteiger partial charge >= 0.3 is 0 Å². The second-order valence-electron chi connectivity index (χ2n) is 7.14. The van der Waals surface area contributed by atoms with E-state index < -0.39 is 0 Å². The second kappa shape index (κ2) is 5.87. The molecule has 0 bridgehead atoms. The normalized spacial score (nSPS) is 15.4. The van der Waals surface area contributed by atoms with Gasteiger partial charge in [-0.05, 0) is 73.3 Å². The molecule has 2 unspecified atom stereocenters. The maximum atomic E-state index is 6.76. The van der Waals surface area contributed by atoms with Crippen molar-refractivity contribution in [1.29, 1.82) is 0 Å². The SMILES string of the molecule is Cc1cc(C)c(C)c(C(Cl)CC(C)C(C)(C)C)c1C. The standard InChI is InChI=1S/C18H29Cl/c1-11-9-12(2)15(5)17(14(11)4)16(19)10-13(3)18(6,7)8/h9,13,16H,10H2,1-8H3. The fourth-order valence-corrected chi connectivity index (χ4v) is 3.09. The average Bonchev–Trinajstić information content (AvgIpc) is 2.25. The summed E-state index contributed by atoms with van der Waals surface area (Å²) in [5.41, 5.74) is 7.11. The van der Waals surface area contributed by atoms with Crippen molar-refractivity contribution in [3.63, 3.8) is 0 Å². The van der Waals surface area contributed by atoms with Crippen molar-refractivity contribution in [3.05, 3.63) is 33.9 Å². The quantitative estimate of drug-likeness (QED) is 0.572. The van der Waals surface area contributed by atoms with E-state index in [1.165, 1.54) is 27.8 Å². The molecule has 0 aliphatic rings. The first-order valence-corrected chi connectivity index (χ1v) is 7.70. The lowest BCUT2D eigenvalue weighted by Gasteiger charge is -2.30. The molecular formula is C18H29Cl. The Hall–Kier alpha value is -0.490. The summed E-state index contributed by atoms with van der Waals surface area (Å²) in [6.07, 6.45) is 1.04. The predicted octanol–water partition coefficient (Wildman–Crippen LogP) is 6.27. The van der Waals surface area contributed by atoms with Crippen LogP contribution in [0.5, 0.6) is 0 Å². The van der Waals surface area contributed by atoms with Gasteiger partial charge in [-0.15, -0.1) is 11.6 Å². The Labute approximate surface area is 124 Å². The lowest BCUT2D eigenvalue weighted by molar-refractivity contribution is 0.245. The molecule has 0 radical (unpaired) electrons. The van der Waals surface area contributed by atoms with Crippen LogP contribution >= 0.6 is 11.6 Å². The van der Waals surface area contributed by atoms with Crippen LogP contribution in [0.25, 0.3) is 0 Å². The molecule has 0 aromatic heterocycles. The highest BCUT2D eigenvalue weighted by atomic mass is 35.5. The summed E-state index contributed by atoms with van der Waals surface area (Å²) in [5, 5.41) is 0.118. The Morgan fingerprint density at radius 2 is 1.42 bits per heavy atom.